The summed E-state index contributed by atoms with van der Waals surface area (Å²) in [5, 5.41) is 19.0. The fraction of sp³-hybridized carbons (Fsp3) is 0.667. The molecule has 0 atom stereocenters. The molecule has 2 fully saturated rings. The van der Waals surface area contributed by atoms with Crippen molar-refractivity contribution in [3.8, 4) is 11.3 Å². The molecule has 0 spiro atoms. The lowest BCUT2D eigenvalue weighted by atomic mass is 9.82. The minimum Gasteiger partial charge on any atom is -0.383 e. The summed E-state index contributed by atoms with van der Waals surface area (Å²) in [6, 6.07) is 4.90. The number of nitrogens with one attached hydrogen (secondary N) is 3. The molecule has 1 aliphatic carbocycles. The molecule has 3 N–H and O–H groups in total. The van der Waals surface area contributed by atoms with Gasteiger partial charge in [0.2, 0.25) is 5.95 Å². The van der Waals surface area contributed by atoms with Crippen LogP contribution in [0.25, 0.3) is 11.3 Å². The normalized spacial score (nSPS) is 22.6. The van der Waals surface area contributed by atoms with Crippen LogP contribution < -0.4 is 16.0 Å². The highest BCUT2D eigenvalue weighted by Crippen LogP contribution is 2.30. The van der Waals surface area contributed by atoms with Crippen LogP contribution in [0.1, 0.15) is 45.4 Å². The van der Waals surface area contributed by atoms with E-state index in [2.05, 4.69) is 38.1 Å². The zero-order valence-corrected chi connectivity index (χ0v) is 19.8. The first-order valence-electron chi connectivity index (χ1n) is 12.1. The van der Waals surface area contributed by atoms with Gasteiger partial charge in [-0.15, -0.1) is 5.10 Å². The van der Waals surface area contributed by atoms with Crippen LogP contribution in [0, 0.1) is 5.41 Å². The number of aromatic nitrogens is 4. The lowest BCUT2D eigenvalue weighted by molar-refractivity contribution is 0.0299. The molecule has 33 heavy (non-hydrogen) atoms. The van der Waals surface area contributed by atoms with Gasteiger partial charge in [-0.2, -0.15) is 5.10 Å². The van der Waals surface area contributed by atoms with Gasteiger partial charge in [0, 0.05) is 57.3 Å². The summed E-state index contributed by atoms with van der Waals surface area (Å²) in [5.41, 5.74) is 2.00. The molecule has 0 unspecified atom stereocenters. The summed E-state index contributed by atoms with van der Waals surface area (Å²) < 4.78 is 10.6. The van der Waals surface area contributed by atoms with E-state index in [9.17, 15) is 0 Å². The highest BCUT2D eigenvalue weighted by molar-refractivity contribution is 5.62. The van der Waals surface area contributed by atoms with Crippen LogP contribution in [0.3, 0.4) is 0 Å². The summed E-state index contributed by atoms with van der Waals surface area (Å²) in [7, 11) is 1.74. The maximum Gasteiger partial charge on any atom is 0.223 e. The number of hydrogen-bond donors (Lipinski definition) is 3. The zero-order chi connectivity index (χ0) is 22.9. The first-order chi connectivity index (χ1) is 16.1. The van der Waals surface area contributed by atoms with Crippen molar-refractivity contribution < 1.29 is 9.47 Å². The van der Waals surface area contributed by atoms with Gasteiger partial charge in [-0.3, -0.25) is 0 Å². The van der Waals surface area contributed by atoms with Gasteiger partial charge in [0.1, 0.15) is 5.82 Å². The van der Waals surface area contributed by atoms with E-state index >= 15 is 0 Å². The van der Waals surface area contributed by atoms with Crippen molar-refractivity contribution in [3.05, 3.63) is 24.5 Å². The predicted molar refractivity (Wildman–Crippen MR) is 129 cm³/mol. The van der Waals surface area contributed by atoms with Gasteiger partial charge < -0.3 is 25.4 Å². The molecule has 1 aliphatic heterocycles. The third kappa shape index (κ3) is 7.06. The molecule has 1 saturated heterocycles. The average Bonchev–Trinajstić information content (AvgIpc) is 2.85. The molecular weight excluding hydrogens is 418 g/mol. The Hall–Kier alpha value is -2.36. The number of hydrogen-bond acceptors (Lipinski definition) is 9. The lowest BCUT2D eigenvalue weighted by Crippen LogP contribution is -2.38. The van der Waals surface area contributed by atoms with Crippen LogP contribution in [-0.4, -0.2) is 72.3 Å². The number of ether oxygens (including phenoxy) is 2. The van der Waals surface area contributed by atoms with E-state index < -0.39 is 0 Å². The van der Waals surface area contributed by atoms with Gasteiger partial charge in [-0.1, -0.05) is 6.92 Å². The third-order valence-electron chi connectivity index (χ3n) is 6.80. The molecule has 0 aromatic carbocycles. The Labute approximate surface area is 196 Å². The average molecular weight is 456 g/mol. The molecule has 2 aromatic rings. The molecule has 2 aromatic heterocycles. The third-order valence-corrected chi connectivity index (χ3v) is 6.80. The van der Waals surface area contributed by atoms with Crippen LogP contribution >= 0.6 is 0 Å². The smallest absolute Gasteiger partial charge is 0.223 e. The maximum atomic E-state index is 5.50. The second-order valence-electron chi connectivity index (χ2n) is 9.51. The van der Waals surface area contributed by atoms with E-state index in [-0.39, 0.29) is 5.41 Å². The quantitative estimate of drug-likeness (QED) is 0.466. The van der Waals surface area contributed by atoms with Crippen LogP contribution in [0.2, 0.25) is 0 Å². The van der Waals surface area contributed by atoms with Crippen LogP contribution in [0.15, 0.2) is 24.5 Å². The summed E-state index contributed by atoms with van der Waals surface area (Å²) in [4.78, 5) is 9.20. The molecule has 2 aliphatic rings. The van der Waals surface area contributed by atoms with Crippen LogP contribution in [0.4, 0.5) is 11.8 Å². The number of methoxy groups -OCH3 is 1. The standard InChI is InChI=1S/C24H37N7O2/c1-24(8-12-33-13-9-24)17-27-22-15-18(16-28-31-22)21-7-10-26-23(30-21)29-20-5-3-19(4-6-20)25-11-14-32-2/h7,10,15-16,19-20,25H,3-6,8-9,11-14,17H2,1-2H3,(H,27,31)(H,26,29,30). The number of nitrogens with zero attached hydrogens (tertiary/aromatic N) is 4. The molecule has 4 rings (SSSR count). The van der Waals surface area contributed by atoms with Crippen LogP contribution in [-0.2, 0) is 9.47 Å². The molecule has 0 bridgehead atoms. The van der Waals surface area contributed by atoms with E-state index in [1.54, 1.807) is 19.5 Å². The van der Waals surface area contributed by atoms with Crippen molar-refractivity contribution in [1.29, 1.82) is 0 Å². The Kier molecular flexibility index (Phi) is 8.41. The monoisotopic (exact) mass is 455 g/mol. The van der Waals surface area contributed by atoms with Crippen molar-refractivity contribution in [2.45, 2.75) is 57.5 Å². The Morgan fingerprint density at radius 1 is 1.15 bits per heavy atom. The summed E-state index contributed by atoms with van der Waals surface area (Å²) >= 11 is 0. The SMILES string of the molecule is COCCNC1CCC(Nc2nccc(-c3cnnc(NCC4(C)CCOCC4)c3)n2)CC1. The number of rotatable bonds is 10. The molecule has 0 radical (unpaired) electrons. The Bertz CT molecular complexity index is 867. The Balaban J connectivity index is 1.32. The predicted octanol–water partition coefficient (Wildman–Crippen LogP) is 3.12. The van der Waals surface area contributed by atoms with Crippen molar-refractivity contribution in [3.63, 3.8) is 0 Å². The molecule has 3 heterocycles. The molecule has 1 saturated carbocycles. The second-order valence-corrected chi connectivity index (χ2v) is 9.51. The molecule has 9 nitrogen and oxygen atoms in total. The first kappa shape index (κ1) is 23.8. The van der Waals surface area contributed by atoms with Gasteiger partial charge >= 0.3 is 0 Å². The zero-order valence-electron chi connectivity index (χ0n) is 19.8. The van der Waals surface area contributed by atoms with Gasteiger partial charge in [0.05, 0.1) is 18.5 Å². The van der Waals surface area contributed by atoms with Crippen molar-refractivity contribution >= 4 is 11.8 Å². The first-order valence-corrected chi connectivity index (χ1v) is 12.1. The van der Waals surface area contributed by atoms with E-state index in [1.165, 1.54) is 0 Å². The van der Waals surface area contributed by atoms with E-state index in [1.807, 2.05) is 12.1 Å². The summed E-state index contributed by atoms with van der Waals surface area (Å²) in [6.45, 7) is 6.47. The minimum absolute atomic E-state index is 0.222. The minimum atomic E-state index is 0.222. The molecule has 9 heteroatoms. The fourth-order valence-corrected chi connectivity index (χ4v) is 4.52. The van der Waals surface area contributed by atoms with Crippen molar-refractivity contribution in [1.82, 2.24) is 25.5 Å². The van der Waals surface area contributed by atoms with Crippen molar-refractivity contribution in [2.24, 2.45) is 5.41 Å². The van der Waals surface area contributed by atoms with Crippen molar-refractivity contribution in [2.75, 3.05) is 50.7 Å². The topological polar surface area (TPSA) is 106 Å². The lowest BCUT2D eigenvalue weighted by Gasteiger charge is -2.33. The van der Waals surface area contributed by atoms with E-state index in [0.29, 0.717) is 18.0 Å². The van der Waals surface area contributed by atoms with Gasteiger partial charge in [-0.25, -0.2) is 9.97 Å². The largest absolute Gasteiger partial charge is 0.383 e. The summed E-state index contributed by atoms with van der Waals surface area (Å²) in [5.74, 6) is 1.44. The molecular formula is C24H37N7O2. The van der Waals surface area contributed by atoms with Gasteiger partial charge in [0.25, 0.3) is 0 Å². The Morgan fingerprint density at radius 2 is 1.94 bits per heavy atom. The van der Waals surface area contributed by atoms with Gasteiger partial charge in [-0.05, 0) is 56.1 Å². The second kappa shape index (κ2) is 11.7. The number of anilines is 2. The van der Waals surface area contributed by atoms with Gasteiger partial charge in [0.15, 0.2) is 0 Å². The Morgan fingerprint density at radius 3 is 2.73 bits per heavy atom. The fourth-order valence-electron chi connectivity index (χ4n) is 4.52. The van der Waals surface area contributed by atoms with E-state index in [4.69, 9.17) is 14.5 Å². The molecule has 0 amide bonds. The maximum absolute atomic E-state index is 5.50. The van der Waals surface area contributed by atoms with Crippen LogP contribution in [0.5, 0.6) is 0 Å². The molecule has 180 valence electrons. The highest BCUT2D eigenvalue weighted by Gasteiger charge is 2.27. The highest BCUT2D eigenvalue weighted by atomic mass is 16.5. The summed E-state index contributed by atoms with van der Waals surface area (Å²) in [6.07, 6.45) is 10.2. The van der Waals surface area contributed by atoms with E-state index in [0.717, 1.165) is 88.5 Å².